The summed E-state index contributed by atoms with van der Waals surface area (Å²) in [4.78, 5) is 9.47. The predicted molar refractivity (Wildman–Crippen MR) is 96.4 cm³/mol. The molecular formula is C19H20N4O2. The lowest BCUT2D eigenvalue weighted by atomic mass is 10.3. The molecule has 4 aromatic rings. The van der Waals surface area contributed by atoms with Crippen LogP contribution in [-0.2, 0) is 19.5 Å². The zero-order valence-corrected chi connectivity index (χ0v) is 13.8. The topological polar surface area (TPSA) is 76.1 Å². The highest BCUT2D eigenvalue weighted by Crippen LogP contribution is 2.21. The number of hydrogen-bond acceptors (Lipinski definition) is 4. The number of para-hydroxylation sites is 4. The van der Waals surface area contributed by atoms with Crippen molar-refractivity contribution in [3.63, 3.8) is 0 Å². The summed E-state index contributed by atoms with van der Waals surface area (Å²) < 4.78 is 4.08. The molecule has 0 atom stereocenters. The van der Waals surface area contributed by atoms with Crippen LogP contribution in [0.15, 0.2) is 48.5 Å². The molecule has 6 nitrogen and oxygen atoms in total. The molecule has 0 unspecified atom stereocenters. The average Bonchev–Trinajstić information content (AvgIpc) is 3.15. The van der Waals surface area contributed by atoms with Gasteiger partial charge in [-0.05, 0) is 24.3 Å². The van der Waals surface area contributed by atoms with E-state index in [1.807, 2.05) is 57.7 Å². The molecule has 2 heterocycles. The van der Waals surface area contributed by atoms with Gasteiger partial charge in [-0.25, -0.2) is 9.97 Å². The van der Waals surface area contributed by atoms with Crippen LogP contribution in [0.4, 0.5) is 0 Å². The average molecular weight is 336 g/mol. The first-order valence-corrected chi connectivity index (χ1v) is 8.42. The summed E-state index contributed by atoms with van der Waals surface area (Å²) in [6.07, 6.45) is 0.545. The predicted octanol–water partition coefficient (Wildman–Crippen LogP) is 1.96. The van der Waals surface area contributed by atoms with E-state index in [2.05, 4.69) is 0 Å². The van der Waals surface area contributed by atoms with Crippen molar-refractivity contribution in [3.05, 3.63) is 60.2 Å². The molecule has 4 rings (SSSR count). The number of aliphatic hydroxyl groups excluding tert-OH is 2. The van der Waals surface area contributed by atoms with Crippen LogP contribution in [0, 0.1) is 0 Å². The van der Waals surface area contributed by atoms with Gasteiger partial charge in [-0.15, -0.1) is 0 Å². The molecule has 0 aliphatic carbocycles. The standard InChI is InChI=1S/C19H20N4O2/c24-11-9-22-16-7-3-1-5-14(16)20-18(22)13-19-21-15-6-2-4-8-17(15)23(19)10-12-25/h1-8,24-25H,9-13H2. The first-order chi connectivity index (χ1) is 12.3. The van der Waals surface area contributed by atoms with Crippen molar-refractivity contribution in [1.82, 2.24) is 19.1 Å². The van der Waals surface area contributed by atoms with Gasteiger partial charge in [-0.3, -0.25) is 0 Å². The monoisotopic (exact) mass is 336 g/mol. The van der Waals surface area contributed by atoms with Crippen LogP contribution in [0.2, 0.25) is 0 Å². The summed E-state index contributed by atoms with van der Waals surface area (Å²) in [5.74, 6) is 1.73. The largest absolute Gasteiger partial charge is 0.395 e. The summed E-state index contributed by atoms with van der Waals surface area (Å²) in [5.41, 5.74) is 3.85. The van der Waals surface area contributed by atoms with Crippen LogP contribution in [0.25, 0.3) is 22.1 Å². The van der Waals surface area contributed by atoms with Crippen LogP contribution in [0.3, 0.4) is 0 Å². The maximum Gasteiger partial charge on any atom is 0.117 e. The van der Waals surface area contributed by atoms with Crippen LogP contribution in [-0.4, -0.2) is 42.5 Å². The molecule has 0 aliphatic rings. The third kappa shape index (κ3) is 2.79. The second-order valence-corrected chi connectivity index (χ2v) is 5.96. The van der Waals surface area contributed by atoms with E-state index in [4.69, 9.17) is 9.97 Å². The minimum atomic E-state index is 0.0560. The number of aliphatic hydroxyl groups is 2. The van der Waals surface area contributed by atoms with Crippen molar-refractivity contribution >= 4 is 22.1 Å². The van der Waals surface area contributed by atoms with E-state index in [0.717, 1.165) is 33.7 Å². The second kappa shape index (κ2) is 6.66. The molecule has 6 heteroatoms. The quantitative estimate of drug-likeness (QED) is 0.564. The molecule has 0 bridgehead atoms. The van der Waals surface area contributed by atoms with Gasteiger partial charge in [0.15, 0.2) is 0 Å². The molecule has 0 aliphatic heterocycles. The fourth-order valence-electron chi connectivity index (χ4n) is 3.36. The Labute approximate surface area is 145 Å². The van der Waals surface area contributed by atoms with E-state index in [9.17, 15) is 10.2 Å². The maximum atomic E-state index is 9.44. The molecule has 0 amide bonds. The van der Waals surface area contributed by atoms with E-state index in [0.29, 0.717) is 19.5 Å². The number of rotatable bonds is 6. The van der Waals surface area contributed by atoms with Gasteiger partial charge in [0.05, 0.1) is 41.7 Å². The van der Waals surface area contributed by atoms with Crippen molar-refractivity contribution in [2.75, 3.05) is 13.2 Å². The fourth-order valence-corrected chi connectivity index (χ4v) is 3.36. The Bertz CT molecular complexity index is 937. The minimum absolute atomic E-state index is 0.0560. The lowest BCUT2D eigenvalue weighted by Crippen LogP contribution is -2.12. The molecular weight excluding hydrogens is 316 g/mol. The van der Waals surface area contributed by atoms with Crippen molar-refractivity contribution in [3.8, 4) is 0 Å². The molecule has 0 radical (unpaired) electrons. The summed E-state index contributed by atoms with van der Waals surface area (Å²) in [7, 11) is 0. The number of benzene rings is 2. The molecule has 0 saturated heterocycles. The number of fused-ring (bicyclic) bond motifs is 2. The number of nitrogens with zero attached hydrogens (tertiary/aromatic N) is 4. The van der Waals surface area contributed by atoms with Crippen LogP contribution in [0.5, 0.6) is 0 Å². The minimum Gasteiger partial charge on any atom is -0.395 e. The number of aromatic nitrogens is 4. The molecule has 0 spiro atoms. The van der Waals surface area contributed by atoms with Gasteiger partial charge in [0, 0.05) is 13.1 Å². The molecule has 2 aromatic heterocycles. The Morgan fingerprint density at radius 2 is 1.12 bits per heavy atom. The van der Waals surface area contributed by atoms with Gasteiger partial charge in [-0.1, -0.05) is 24.3 Å². The van der Waals surface area contributed by atoms with Gasteiger partial charge in [0.2, 0.25) is 0 Å². The third-order valence-corrected chi connectivity index (χ3v) is 4.43. The molecule has 25 heavy (non-hydrogen) atoms. The third-order valence-electron chi connectivity index (χ3n) is 4.43. The SMILES string of the molecule is OCCn1c(Cc2nc3ccccc3n2CCO)nc2ccccc21. The lowest BCUT2D eigenvalue weighted by Gasteiger charge is -2.09. The first kappa shape index (κ1) is 15.8. The zero-order valence-electron chi connectivity index (χ0n) is 13.8. The molecule has 0 saturated carbocycles. The normalized spacial score (nSPS) is 11.6. The van der Waals surface area contributed by atoms with Crippen molar-refractivity contribution < 1.29 is 10.2 Å². The van der Waals surface area contributed by atoms with Gasteiger partial charge >= 0.3 is 0 Å². The zero-order chi connectivity index (χ0) is 17.2. The van der Waals surface area contributed by atoms with E-state index in [-0.39, 0.29) is 13.2 Å². The Balaban J connectivity index is 1.82. The molecule has 0 fully saturated rings. The Hall–Kier alpha value is -2.70. The summed E-state index contributed by atoms with van der Waals surface area (Å²) in [6.45, 7) is 1.10. The van der Waals surface area contributed by atoms with Crippen LogP contribution < -0.4 is 0 Å². The highest BCUT2D eigenvalue weighted by atomic mass is 16.3. The highest BCUT2D eigenvalue weighted by molar-refractivity contribution is 5.77. The second-order valence-electron chi connectivity index (χ2n) is 5.96. The van der Waals surface area contributed by atoms with Crippen molar-refractivity contribution in [2.45, 2.75) is 19.5 Å². The van der Waals surface area contributed by atoms with Crippen LogP contribution >= 0.6 is 0 Å². The lowest BCUT2D eigenvalue weighted by molar-refractivity contribution is 0.274. The first-order valence-electron chi connectivity index (χ1n) is 8.42. The van der Waals surface area contributed by atoms with Gasteiger partial charge in [0.25, 0.3) is 0 Å². The van der Waals surface area contributed by atoms with E-state index < -0.39 is 0 Å². The molecule has 2 aromatic carbocycles. The van der Waals surface area contributed by atoms with Gasteiger partial charge in [0.1, 0.15) is 11.6 Å². The summed E-state index contributed by atoms with van der Waals surface area (Å²) >= 11 is 0. The smallest absolute Gasteiger partial charge is 0.117 e. The fraction of sp³-hybridized carbons (Fsp3) is 0.263. The number of imidazole rings is 2. The molecule has 2 N–H and O–H groups in total. The van der Waals surface area contributed by atoms with Gasteiger partial charge < -0.3 is 19.3 Å². The highest BCUT2D eigenvalue weighted by Gasteiger charge is 2.16. The van der Waals surface area contributed by atoms with Crippen LogP contribution in [0.1, 0.15) is 11.6 Å². The van der Waals surface area contributed by atoms with E-state index >= 15 is 0 Å². The molecule has 128 valence electrons. The maximum absolute atomic E-state index is 9.44. The van der Waals surface area contributed by atoms with Crippen molar-refractivity contribution in [2.24, 2.45) is 0 Å². The Morgan fingerprint density at radius 3 is 1.56 bits per heavy atom. The Morgan fingerprint density at radius 1 is 0.680 bits per heavy atom. The van der Waals surface area contributed by atoms with Crippen molar-refractivity contribution in [1.29, 1.82) is 0 Å². The van der Waals surface area contributed by atoms with Gasteiger partial charge in [-0.2, -0.15) is 0 Å². The number of hydrogen-bond donors (Lipinski definition) is 2. The summed E-state index contributed by atoms with van der Waals surface area (Å²) in [5, 5.41) is 18.9. The summed E-state index contributed by atoms with van der Waals surface area (Å²) in [6, 6.07) is 15.8. The Kier molecular flexibility index (Phi) is 4.21. The van der Waals surface area contributed by atoms with E-state index in [1.54, 1.807) is 0 Å². The van der Waals surface area contributed by atoms with E-state index in [1.165, 1.54) is 0 Å².